The predicted octanol–water partition coefficient (Wildman–Crippen LogP) is 3.90. The summed E-state index contributed by atoms with van der Waals surface area (Å²) in [6.45, 7) is -2.35. The summed E-state index contributed by atoms with van der Waals surface area (Å²) in [4.78, 5) is 13.6. The summed E-state index contributed by atoms with van der Waals surface area (Å²) < 4.78 is 47.2. The van der Waals surface area contributed by atoms with E-state index >= 15 is 0 Å². The first-order chi connectivity index (χ1) is 12.5. The van der Waals surface area contributed by atoms with Crippen LogP contribution in [-0.4, -0.2) is 37.6 Å². The molecular weight excluding hydrogens is 347 g/mol. The molecule has 0 aliphatic carbocycles. The molecule has 0 aliphatic heterocycles. The van der Waals surface area contributed by atoms with Crippen LogP contribution >= 0.6 is 0 Å². The fourth-order valence-corrected chi connectivity index (χ4v) is 2.26. The number of ether oxygens (including phenoxy) is 2. The van der Waals surface area contributed by atoms with E-state index in [9.17, 15) is 18.0 Å². The van der Waals surface area contributed by atoms with E-state index in [1.165, 1.54) is 29.2 Å². The van der Waals surface area contributed by atoms with Crippen LogP contribution in [0.25, 0.3) is 0 Å². The monoisotopic (exact) mass is 367 g/mol. The van der Waals surface area contributed by atoms with Crippen molar-refractivity contribution in [3.05, 3.63) is 59.9 Å². The number of halogens is 3. The van der Waals surface area contributed by atoms with Crippen molar-refractivity contribution in [1.29, 1.82) is 0 Å². The van der Waals surface area contributed by atoms with Crippen molar-refractivity contribution in [2.75, 3.05) is 20.2 Å². The van der Waals surface area contributed by atoms with E-state index in [2.05, 4.69) is 4.74 Å². The van der Waals surface area contributed by atoms with Crippen LogP contribution in [0.3, 0.4) is 0 Å². The highest BCUT2D eigenvalue weighted by molar-refractivity contribution is 5.76. The molecule has 26 heavy (non-hydrogen) atoms. The van der Waals surface area contributed by atoms with Crippen LogP contribution in [0.2, 0.25) is 0 Å². The number of hydrogen-bond donors (Lipinski definition) is 0. The summed E-state index contributed by atoms with van der Waals surface area (Å²) >= 11 is 0. The van der Waals surface area contributed by atoms with Gasteiger partial charge in [0.25, 0.3) is 0 Å². The van der Waals surface area contributed by atoms with E-state index < -0.39 is 12.4 Å². The second-order valence-corrected chi connectivity index (χ2v) is 5.62. The maximum Gasteiger partial charge on any atom is 0.387 e. The zero-order valence-electron chi connectivity index (χ0n) is 14.3. The highest BCUT2D eigenvalue weighted by Gasteiger charge is 2.10. The van der Waals surface area contributed by atoms with Gasteiger partial charge in [-0.1, -0.05) is 24.3 Å². The van der Waals surface area contributed by atoms with Gasteiger partial charge in [0.1, 0.15) is 12.4 Å². The van der Waals surface area contributed by atoms with Gasteiger partial charge in [-0.15, -0.1) is 0 Å². The van der Waals surface area contributed by atoms with Crippen molar-refractivity contribution in [2.45, 2.75) is 19.5 Å². The Balaban J connectivity index is 1.72. The molecule has 140 valence electrons. The van der Waals surface area contributed by atoms with Crippen LogP contribution in [0, 0.1) is 5.82 Å². The fourth-order valence-electron chi connectivity index (χ4n) is 2.26. The second kappa shape index (κ2) is 9.70. The molecule has 2 rings (SSSR count). The van der Waals surface area contributed by atoms with Crippen molar-refractivity contribution < 1.29 is 27.4 Å². The highest BCUT2D eigenvalue weighted by atomic mass is 19.3. The Morgan fingerprint density at radius 2 is 1.81 bits per heavy atom. The zero-order chi connectivity index (χ0) is 18.9. The third-order valence-electron chi connectivity index (χ3n) is 3.72. The van der Waals surface area contributed by atoms with Gasteiger partial charge in [-0.05, 0) is 36.2 Å². The number of amides is 1. The first-order valence-corrected chi connectivity index (χ1v) is 8.11. The SMILES string of the molecule is CN(CCOc1ccccc1F)C(=O)CCc1ccc(OC(F)F)cc1. The first-order valence-electron chi connectivity index (χ1n) is 8.11. The van der Waals surface area contributed by atoms with Crippen LogP contribution in [0.1, 0.15) is 12.0 Å². The van der Waals surface area contributed by atoms with Gasteiger partial charge in [-0.3, -0.25) is 4.79 Å². The largest absolute Gasteiger partial charge is 0.489 e. The minimum absolute atomic E-state index is 0.0810. The lowest BCUT2D eigenvalue weighted by atomic mass is 10.1. The van der Waals surface area contributed by atoms with E-state index in [-0.39, 0.29) is 30.4 Å². The Bertz CT molecular complexity index is 707. The number of hydrogen-bond acceptors (Lipinski definition) is 3. The van der Waals surface area contributed by atoms with Gasteiger partial charge in [0.15, 0.2) is 11.6 Å². The quantitative estimate of drug-likeness (QED) is 0.675. The van der Waals surface area contributed by atoms with Gasteiger partial charge in [-0.2, -0.15) is 8.78 Å². The molecule has 0 N–H and O–H groups in total. The molecule has 0 heterocycles. The first kappa shape index (κ1) is 19.6. The van der Waals surface area contributed by atoms with Gasteiger partial charge in [0, 0.05) is 13.5 Å². The minimum Gasteiger partial charge on any atom is -0.489 e. The van der Waals surface area contributed by atoms with Crippen molar-refractivity contribution >= 4 is 5.91 Å². The normalized spacial score (nSPS) is 10.7. The van der Waals surface area contributed by atoms with Crippen molar-refractivity contribution in [3.63, 3.8) is 0 Å². The molecule has 2 aromatic rings. The number of para-hydroxylation sites is 1. The Hall–Kier alpha value is -2.70. The molecule has 1 amide bonds. The Kier molecular flexibility index (Phi) is 7.32. The molecule has 0 saturated heterocycles. The number of likely N-dealkylation sites (N-methyl/N-ethyl adjacent to an activating group) is 1. The van der Waals surface area contributed by atoms with Gasteiger partial charge in [-0.25, -0.2) is 4.39 Å². The van der Waals surface area contributed by atoms with Gasteiger partial charge in [0.05, 0.1) is 6.54 Å². The number of alkyl halides is 2. The summed E-state index contributed by atoms with van der Waals surface area (Å²) in [6, 6.07) is 12.3. The Morgan fingerprint density at radius 1 is 1.12 bits per heavy atom. The van der Waals surface area contributed by atoms with Gasteiger partial charge < -0.3 is 14.4 Å². The summed E-state index contributed by atoms with van der Waals surface area (Å²) in [6.07, 6.45) is 0.748. The standard InChI is InChI=1S/C19H20F3NO3/c1-23(12-13-25-17-5-3-2-4-16(17)20)18(24)11-8-14-6-9-15(10-7-14)26-19(21)22/h2-7,9-10,19H,8,11-13H2,1H3. The average Bonchev–Trinajstić information content (AvgIpc) is 2.62. The van der Waals surface area contributed by atoms with E-state index in [1.54, 1.807) is 31.3 Å². The molecule has 2 aromatic carbocycles. The third-order valence-corrected chi connectivity index (χ3v) is 3.72. The lowest BCUT2D eigenvalue weighted by molar-refractivity contribution is -0.130. The molecule has 0 aliphatic rings. The van der Waals surface area contributed by atoms with E-state index in [1.807, 2.05) is 0 Å². The highest BCUT2D eigenvalue weighted by Crippen LogP contribution is 2.16. The molecule has 0 atom stereocenters. The number of rotatable bonds is 9. The molecule has 0 bridgehead atoms. The molecular formula is C19H20F3NO3. The van der Waals surface area contributed by atoms with Gasteiger partial charge in [0.2, 0.25) is 5.91 Å². The summed E-state index contributed by atoms with van der Waals surface area (Å²) in [7, 11) is 1.65. The zero-order valence-corrected chi connectivity index (χ0v) is 14.3. The molecule has 4 nitrogen and oxygen atoms in total. The topological polar surface area (TPSA) is 38.8 Å². The summed E-state index contributed by atoms with van der Waals surface area (Å²) in [5, 5.41) is 0. The van der Waals surface area contributed by atoms with Crippen LogP contribution in [-0.2, 0) is 11.2 Å². The van der Waals surface area contributed by atoms with Crippen LogP contribution in [0.15, 0.2) is 48.5 Å². The number of carbonyl (C=O) groups excluding carboxylic acids is 1. The number of aryl methyl sites for hydroxylation is 1. The molecule has 0 fully saturated rings. The molecule has 0 unspecified atom stereocenters. The van der Waals surface area contributed by atoms with Crippen molar-refractivity contribution in [1.82, 2.24) is 4.90 Å². The lowest BCUT2D eigenvalue weighted by Crippen LogP contribution is -2.31. The minimum atomic E-state index is -2.86. The van der Waals surface area contributed by atoms with Crippen LogP contribution in [0.5, 0.6) is 11.5 Å². The maximum absolute atomic E-state index is 13.4. The second-order valence-electron chi connectivity index (χ2n) is 5.62. The summed E-state index contributed by atoms with van der Waals surface area (Å²) in [5.41, 5.74) is 0.843. The maximum atomic E-state index is 13.4. The molecule has 0 aromatic heterocycles. The molecule has 0 saturated carbocycles. The molecule has 7 heteroatoms. The van der Waals surface area contributed by atoms with Crippen LogP contribution < -0.4 is 9.47 Å². The third kappa shape index (κ3) is 6.31. The van der Waals surface area contributed by atoms with E-state index in [0.717, 1.165) is 5.56 Å². The Labute approximate surface area is 150 Å². The molecule has 0 radical (unpaired) electrons. The Morgan fingerprint density at radius 3 is 2.46 bits per heavy atom. The predicted molar refractivity (Wildman–Crippen MR) is 90.9 cm³/mol. The number of carbonyl (C=O) groups is 1. The number of nitrogens with zero attached hydrogens (tertiary/aromatic N) is 1. The summed E-state index contributed by atoms with van der Waals surface area (Å²) in [5.74, 6) is -0.298. The van der Waals surface area contributed by atoms with Crippen LogP contribution in [0.4, 0.5) is 13.2 Å². The van der Waals surface area contributed by atoms with E-state index in [4.69, 9.17) is 4.74 Å². The number of benzene rings is 2. The van der Waals surface area contributed by atoms with Crippen molar-refractivity contribution in [2.24, 2.45) is 0 Å². The average molecular weight is 367 g/mol. The van der Waals surface area contributed by atoms with Gasteiger partial charge >= 0.3 is 6.61 Å². The molecule has 0 spiro atoms. The fraction of sp³-hybridized carbons (Fsp3) is 0.316. The smallest absolute Gasteiger partial charge is 0.387 e. The van der Waals surface area contributed by atoms with Crippen molar-refractivity contribution in [3.8, 4) is 11.5 Å². The van der Waals surface area contributed by atoms with E-state index in [0.29, 0.717) is 13.0 Å². The lowest BCUT2D eigenvalue weighted by Gasteiger charge is -2.17.